The fraction of sp³-hybridized carbons (Fsp3) is 0.545. The summed E-state index contributed by atoms with van der Waals surface area (Å²) >= 11 is 3.35. The van der Waals surface area contributed by atoms with E-state index in [0.717, 1.165) is 23.2 Å². The molecule has 0 saturated heterocycles. The molecule has 15 heavy (non-hydrogen) atoms. The number of halogens is 1. The zero-order valence-corrected chi connectivity index (χ0v) is 10.8. The highest BCUT2D eigenvalue weighted by Crippen LogP contribution is 2.15. The van der Waals surface area contributed by atoms with Gasteiger partial charge in [0, 0.05) is 23.3 Å². The Morgan fingerprint density at radius 2 is 2.33 bits per heavy atom. The molecule has 1 heterocycles. The summed E-state index contributed by atoms with van der Waals surface area (Å²) in [5.41, 5.74) is 0. The van der Waals surface area contributed by atoms with Gasteiger partial charge in [-0.2, -0.15) is 0 Å². The Balaban J connectivity index is 2.20. The molecule has 0 fully saturated rings. The molecule has 1 unspecified atom stereocenters. The van der Waals surface area contributed by atoms with Gasteiger partial charge >= 0.3 is 0 Å². The Hall–Kier alpha value is -0.610. The van der Waals surface area contributed by atoms with Crippen LogP contribution in [0.15, 0.2) is 22.9 Å². The Labute approximate surface area is 99.4 Å². The number of hydrogen-bond acceptors (Lipinski definition) is 3. The van der Waals surface area contributed by atoms with Crippen molar-refractivity contribution in [3.8, 4) is 5.75 Å². The van der Waals surface area contributed by atoms with Crippen LogP contribution in [0.2, 0.25) is 0 Å². The van der Waals surface area contributed by atoms with Crippen molar-refractivity contribution in [2.24, 2.45) is 0 Å². The first-order valence-corrected chi connectivity index (χ1v) is 5.98. The Bertz CT molecular complexity index is 294. The lowest BCUT2D eigenvalue weighted by Crippen LogP contribution is -2.29. The molecular formula is C11H17BrN2O. The molecule has 3 nitrogen and oxygen atoms in total. The van der Waals surface area contributed by atoms with E-state index in [1.165, 1.54) is 0 Å². The van der Waals surface area contributed by atoms with E-state index in [1.807, 2.05) is 6.07 Å². The van der Waals surface area contributed by atoms with Crippen molar-refractivity contribution >= 4 is 15.9 Å². The van der Waals surface area contributed by atoms with E-state index in [9.17, 15) is 0 Å². The van der Waals surface area contributed by atoms with Crippen LogP contribution in [0, 0.1) is 0 Å². The first kappa shape index (κ1) is 12.5. The molecule has 0 bridgehead atoms. The van der Waals surface area contributed by atoms with Crippen molar-refractivity contribution in [3.05, 3.63) is 22.9 Å². The van der Waals surface area contributed by atoms with Gasteiger partial charge < -0.3 is 10.1 Å². The topological polar surface area (TPSA) is 34.1 Å². The van der Waals surface area contributed by atoms with E-state index in [2.05, 4.69) is 40.1 Å². The third-order valence-corrected chi connectivity index (χ3v) is 2.59. The molecule has 0 radical (unpaired) electrons. The van der Waals surface area contributed by atoms with Gasteiger partial charge in [-0.25, -0.2) is 0 Å². The predicted octanol–water partition coefficient (Wildman–Crippen LogP) is 2.61. The highest BCUT2D eigenvalue weighted by molar-refractivity contribution is 9.10. The van der Waals surface area contributed by atoms with E-state index in [1.54, 1.807) is 12.4 Å². The van der Waals surface area contributed by atoms with Gasteiger partial charge in [-0.3, -0.25) is 4.98 Å². The summed E-state index contributed by atoms with van der Waals surface area (Å²) in [5.74, 6) is 0.801. The number of pyridine rings is 1. The second kappa shape index (κ2) is 6.80. The Morgan fingerprint density at radius 3 is 3.00 bits per heavy atom. The van der Waals surface area contributed by atoms with Crippen LogP contribution in [0.3, 0.4) is 0 Å². The summed E-state index contributed by atoms with van der Waals surface area (Å²) in [6.07, 6.45) is 4.59. The minimum absolute atomic E-state index is 0.550. The maximum absolute atomic E-state index is 5.53. The maximum atomic E-state index is 5.53. The minimum Gasteiger partial charge on any atom is -0.491 e. The van der Waals surface area contributed by atoms with Crippen LogP contribution in [-0.2, 0) is 0 Å². The van der Waals surface area contributed by atoms with Gasteiger partial charge in [0.1, 0.15) is 12.4 Å². The van der Waals surface area contributed by atoms with Gasteiger partial charge in [-0.1, -0.05) is 6.92 Å². The zero-order chi connectivity index (χ0) is 11.1. The first-order chi connectivity index (χ1) is 7.22. The third kappa shape index (κ3) is 5.14. The normalized spacial score (nSPS) is 12.5. The van der Waals surface area contributed by atoms with Gasteiger partial charge in [0.05, 0.1) is 6.20 Å². The lowest BCUT2D eigenvalue weighted by Gasteiger charge is -2.11. The molecule has 4 heteroatoms. The van der Waals surface area contributed by atoms with Crippen LogP contribution < -0.4 is 10.1 Å². The van der Waals surface area contributed by atoms with Crippen molar-refractivity contribution < 1.29 is 4.74 Å². The van der Waals surface area contributed by atoms with Crippen LogP contribution in [0.1, 0.15) is 20.3 Å². The number of nitrogens with one attached hydrogen (secondary N) is 1. The third-order valence-electron chi connectivity index (χ3n) is 2.16. The minimum atomic E-state index is 0.550. The van der Waals surface area contributed by atoms with Crippen LogP contribution >= 0.6 is 15.9 Å². The highest BCUT2D eigenvalue weighted by Gasteiger charge is 1.98. The van der Waals surface area contributed by atoms with E-state index in [-0.39, 0.29) is 0 Å². The number of hydrogen-bond donors (Lipinski definition) is 1. The average Bonchev–Trinajstić information content (AvgIpc) is 2.24. The van der Waals surface area contributed by atoms with Gasteiger partial charge in [0.2, 0.25) is 0 Å². The van der Waals surface area contributed by atoms with Gasteiger partial charge in [0.15, 0.2) is 0 Å². The number of nitrogens with zero attached hydrogens (tertiary/aromatic N) is 1. The van der Waals surface area contributed by atoms with Gasteiger partial charge in [-0.05, 0) is 35.3 Å². The van der Waals surface area contributed by atoms with Crippen LogP contribution in [0.5, 0.6) is 5.75 Å². The first-order valence-electron chi connectivity index (χ1n) is 5.19. The SMILES string of the molecule is CCC(C)NCCOc1cncc(Br)c1. The molecule has 0 aliphatic heterocycles. The molecule has 1 N–H and O–H groups in total. The number of ether oxygens (including phenoxy) is 1. The summed E-state index contributed by atoms with van der Waals surface area (Å²) < 4.78 is 6.47. The van der Waals surface area contributed by atoms with Crippen molar-refractivity contribution in [2.75, 3.05) is 13.2 Å². The second-order valence-corrected chi connectivity index (χ2v) is 4.37. The maximum Gasteiger partial charge on any atom is 0.138 e. The molecule has 1 aromatic rings. The monoisotopic (exact) mass is 272 g/mol. The average molecular weight is 273 g/mol. The van der Waals surface area contributed by atoms with E-state index < -0.39 is 0 Å². The molecule has 1 aromatic heterocycles. The second-order valence-electron chi connectivity index (χ2n) is 3.45. The smallest absolute Gasteiger partial charge is 0.138 e. The fourth-order valence-corrected chi connectivity index (χ4v) is 1.43. The Kier molecular flexibility index (Phi) is 5.65. The fourth-order valence-electron chi connectivity index (χ4n) is 1.09. The molecule has 84 valence electrons. The molecule has 0 saturated carbocycles. The van der Waals surface area contributed by atoms with Crippen LogP contribution in [0.25, 0.3) is 0 Å². The molecule has 1 atom stereocenters. The molecule has 0 aromatic carbocycles. The molecule has 0 spiro atoms. The number of aromatic nitrogens is 1. The summed E-state index contributed by atoms with van der Waals surface area (Å²) in [7, 11) is 0. The predicted molar refractivity (Wildman–Crippen MR) is 65.2 cm³/mol. The van der Waals surface area contributed by atoms with Crippen molar-refractivity contribution in [1.82, 2.24) is 10.3 Å². The lowest BCUT2D eigenvalue weighted by atomic mass is 10.3. The quantitative estimate of drug-likeness (QED) is 0.809. The van der Waals surface area contributed by atoms with Crippen LogP contribution in [-0.4, -0.2) is 24.2 Å². The van der Waals surface area contributed by atoms with E-state index in [0.29, 0.717) is 12.6 Å². The molecule has 1 rings (SSSR count). The van der Waals surface area contributed by atoms with Gasteiger partial charge in [-0.15, -0.1) is 0 Å². The highest BCUT2D eigenvalue weighted by atomic mass is 79.9. The largest absolute Gasteiger partial charge is 0.491 e. The zero-order valence-electron chi connectivity index (χ0n) is 9.16. The van der Waals surface area contributed by atoms with Gasteiger partial charge in [0.25, 0.3) is 0 Å². The van der Waals surface area contributed by atoms with Crippen molar-refractivity contribution in [3.63, 3.8) is 0 Å². The van der Waals surface area contributed by atoms with Crippen LogP contribution in [0.4, 0.5) is 0 Å². The van der Waals surface area contributed by atoms with Crippen molar-refractivity contribution in [2.45, 2.75) is 26.3 Å². The summed E-state index contributed by atoms with van der Waals surface area (Å²) in [5, 5.41) is 3.36. The molecule has 0 aliphatic carbocycles. The summed E-state index contributed by atoms with van der Waals surface area (Å²) in [4.78, 5) is 4.02. The standard InChI is InChI=1S/C11H17BrN2O/c1-3-9(2)14-4-5-15-11-6-10(12)7-13-8-11/h6-9,14H,3-5H2,1-2H3. The molecule has 0 amide bonds. The molecular weight excluding hydrogens is 256 g/mol. The number of rotatable bonds is 6. The summed E-state index contributed by atoms with van der Waals surface area (Å²) in [6, 6.07) is 2.46. The summed E-state index contributed by atoms with van der Waals surface area (Å²) in [6.45, 7) is 5.86. The van der Waals surface area contributed by atoms with Crippen molar-refractivity contribution in [1.29, 1.82) is 0 Å². The van der Waals surface area contributed by atoms with E-state index >= 15 is 0 Å². The molecule has 0 aliphatic rings. The Morgan fingerprint density at radius 1 is 1.53 bits per heavy atom. The van der Waals surface area contributed by atoms with E-state index in [4.69, 9.17) is 4.74 Å². The lowest BCUT2D eigenvalue weighted by molar-refractivity contribution is 0.305.